The van der Waals surface area contributed by atoms with Crippen molar-refractivity contribution in [1.82, 2.24) is 10.2 Å². The fraction of sp³-hybridized carbons (Fsp3) is 0.250. The van der Waals surface area contributed by atoms with E-state index in [1.165, 1.54) is 6.39 Å². The Morgan fingerprint density at radius 1 is 1.50 bits per heavy atom. The Labute approximate surface area is 104 Å². The van der Waals surface area contributed by atoms with E-state index in [2.05, 4.69) is 15.5 Å². The molecule has 0 aliphatic heterocycles. The molecule has 0 aliphatic carbocycles. The van der Waals surface area contributed by atoms with Crippen molar-refractivity contribution >= 4 is 11.6 Å². The summed E-state index contributed by atoms with van der Waals surface area (Å²) in [4.78, 5) is 11.5. The maximum atomic E-state index is 11.5. The highest BCUT2D eigenvalue weighted by atomic mass is 16.4. The Kier molecular flexibility index (Phi) is 3.38. The largest absolute Gasteiger partial charge is 0.423 e. The van der Waals surface area contributed by atoms with Gasteiger partial charge in [-0.1, -0.05) is 0 Å². The van der Waals surface area contributed by atoms with Crippen LogP contribution in [0, 0.1) is 6.92 Å². The zero-order valence-electron chi connectivity index (χ0n) is 10.2. The highest BCUT2D eigenvalue weighted by Gasteiger charge is 2.10. The Morgan fingerprint density at radius 3 is 2.83 bits per heavy atom. The third-order valence-electron chi connectivity index (χ3n) is 2.50. The van der Waals surface area contributed by atoms with Gasteiger partial charge in [0.25, 0.3) is 0 Å². The zero-order valence-corrected chi connectivity index (χ0v) is 10.2. The molecule has 18 heavy (non-hydrogen) atoms. The van der Waals surface area contributed by atoms with Crippen LogP contribution in [0.5, 0.6) is 0 Å². The number of benzene rings is 1. The number of rotatable bonds is 3. The van der Waals surface area contributed by atoms with E-state index in [9.17, 15) is 4.79 Å². The van der Waals surface area contributed by atoms with E-state index >= 15 is 0 Å². The number of nitrogens with zero attached hydrogens (tertiary/aromatic N) is 2. The molecule has 1 aromatic heterocycles. The van der Waals surface area contributed by atoms with Gasteiger partial charge in [-0.2, -0.15) is 0 Å². The third-order valence-corrected chi connectivity index (χ3v) is 2.50. The number of hydrogen-bond donors (Lipinski definition) is 2. The molecule has 1 unspecified atom stereocenters. The van der Waals surface area contributed by atoms with Crippen molar-refractivity contribution in [2.75, 3.05) is 5.32 Å². The summed E-state index contributed by atoms with van der Waals surface area (Å²) in [6.07, 6.45) is 1.27. The minimum absolute atomic E-state index is 0.219. The minimum atomic E-state index is -0.542. The molecule has 2 aromatic rings. The Balaban J connectivity index is 2.23. The molecule has 1 amide bonds. The van der Waals surface area contributed by atoms with Crippen LogP contribution < -0.4 is 11.1 Å². The molecule has 94 valence electrons. The van der Waals surface area contributed by atoms with Gasteiger partial charge >= 0.3 is 0 Å². The fourth-order valence-corrected chi connectivity index (χ4v) is 1.48. The maximum Gasteiger partial charge on any atom is 0.247 e. The van der Waals surface area contributed by atoms with Gasteiger partial charge in [-0.25, -0.2) is 0 Å². The first-order valence-corrected chi connectivity index (χ1v) is 5.51. The summed E-state index contributed by atoms with van der Waals surface area (Å²) >= 11 is 0. The summed E-state index contributed by atoms with van der Waals surface area (Å²) < 4.78 is 5.10. The lowest BCUT2D eigenvalue weighted by atomic mass is 10.1. The Bertz CT molecular complexity index is 549. The second kappa shape index (κ2) is 4.97. The molecule has 1 atom stereocenters. The summed E-state index contributed by atoms with van der Waals surface area (Å²) in [5, 5.41) is 10.2. The zero-order chi connectivity index (χ0) is 13.1. The highest BCUT2D eigenvalue weighted by Crippen LogP contribution is 2.23. The number of nitrogens with one attached hydrogen (secondary N) is 1. The van der Waals surface area contributed by atoms with E-state index in [1.54, 1.807) is 19.1 Å². The monoisotopic (exact) mass is 246 g/mol. The third kappa shape index (κ3) is 2.54. The van der Waals surface area contributed by atoms with Crippen molar-refractivity contribution in [3.63, 3.8) is 0 Å². The number of carbonyl (C=O) groups excluding carboxylic acids is 1. The first-order chi connectivity index (χ1) is 8.58. The summed E-state index contributed by atoms with van der Waals surface area (Å²) in [6.45, 7) is 3.52. The first-order valence-electron chi connectivity index (χ1n) is 5.51. The summed E-state index contributed by atoms with van der Waals surface area (Å²) in [5.41, 5.74) is 7.93. The minimum Gasteiger partial charge on any atom is -0.423 e. The standard InChI is InChI=1S/C12H14N4O2/c1-7-5-9(12-16-14-6-18-12)3-4-10(7)15-11(17)8(2)13/h3-6,8H,13H2,1-2H3,(H,15,17). The van der Waals surface area contributed by atoms with E-state index < -0.39 is 6.04 Å². The average molecular weight is 246 g/mol. The normalized spacial score (nSPS) is 12.2. The van der Waals surface area contributed by atoms with Gasteiger partial charge in [0.15, 0.2) is 0 Å². The summed E-state index contributed by atoms with van der Waals surface area (Å²) in [5.74, 6) is 0.229. The van der Waals surface area contributed by atoms with Crippen LogP contribution in [-0.2, 0) is 4.79 Å². The fourth-order valence-electron chi connectivity index (χ4n) is 1.48. The number of nitrogens with two attached hydrogens (primary N) is 1. The van der Waals surface area contributed by atoms with Crippen LogP contribution in [0.25, 0.3) is 11.5 Å². The molecule has 0 aliphatic rings. The van der Waals surface area contributed by atoms with E-state index in [0.29, 0.717) is 5.89 Å². The van der Waals surface area contributed by atoms with Gasteiger partial charge in [0, 0.05) is 11.3 Å². The lowest BCUT2D eigenvalue weighted by Gasteiger charge is -2.10. The van der Waals surface area contributed by atoms with Crippen molar-refractivity contribution < 1.29 is 9.21 Å². The van der Waals surface area contributed by atoms with Gasteiger partial charge in [0.05, 0.1) is 6.04 Å². The van der Waals surface area contributed by atoms with Crippen LogP contribution in [0.4, 0.5) is 5.69 Å². The van der Waals surface area contributed by atoms with Crippen molar-refractivity contribution in [3.05, 3.63) is 30.2 Å². The number of amides is 1. The van der Waals surface area contributed by atoms with Crippen LogP contribution in [0.1, 0.15) is 12.5 Å². The molecule has 6 nitrogen and oxygen atoms in total. The quantitative estimate of drug-likeness (QED) is 0.852. The van der Waals surface area contributed by atoms with Crippen LogP contribution >= 0.6 is 0 Å². The summed E-state index contributed by atoms with van der Waals surface area (Å²) in [6, 6.07) is 4.91. The molecule has 0 saturated heterocycles. The lowest BCUT2D eigenvalue weighted by Crippen LogP contribution is -2.32. The molecule has 1 aromatic carbocycles. The summed E-state index contributed by atoms with van der Waals surface area (Å²) in [7, 11) is 0. The molecule has 3 N–H and O–H groups in total. The predicted molar refractivity (Wildman–Crippen MR) is 66.8 cm³/mol. The molecule has 0 spiro atoms. The van der Waals surface area contributed by atoms with Crippen molar-refractivity contribution in [2.45, 2.75) is 19.9 Å². The van der Waals surface area contributed by atoms with Crippen LogP contribution in [0.2, 0.25) is 0 Å². The molecule has 0 saturated carbocycles. The predicted octanol–water partition coefficient (Wildman–Crippen LogP) is 1.33. The molecular weight excluding hydrogens is 232 g/mol. The second-order valence-corrected chi connectivity index (χ2v) is 4.05. The number of aromatic nitrogens is 2. The van der Waals surface area contributed by atoms with Gasteiger partial charge in [0.2, 0.25) is 18.2 Å². The number of carbonyl (C=O) groups is 1. The van der Waals surface area contributed by atoms with Crippen molar-refractivity contribution in [2.24, 2.45) is 5.73 Å². The first kappa shape index (κ1) is 12.3. The lowest BCUT2D eigenvalue weighted by molar-refractivity contribution is -0.117. The molecule has 2 rings (SSSR count). The topological polar surface area (TPSA) is 94.0 Å². The van der Waals surface area contributed by atoms with Gasteiger partial charge < -0.3 is 15.5 Å². The van der Waals surface area contributed by atoms with E-state index in [4.69, 9.17) is 10.2 Å². The van der Waals surface area contributed by atoms with Gasteiger partial charge in [-0.15, -0.1) is 10.2 Å². The van der Waals surface area contributed by atoms with Crippen molar-refractivity contribution in [1.29, 1.82) is 0 Å². The van der Waals surface area contributed by atoms with Crippen LogP contribution in [0.3, 0.4) is 0 Å². The maximum absolute atomic E-state index is 11.5. The highest BCUT2D eigenvalue weighted by molar-refractivity contribution is 5.95. The SMILES string of the molecule is Cc1cc(-c2nnco2)ccc1NC(=O)C(C)N. The van der Waals surface area contributed by atoms with Crippen LogP contribution in [-0.4, -0.2) is 22.1 Å². The Morgan fingerprint density at radius 2 is 2.28 bits per heavy atom. The van der Waals surface area contributed by atoms with Gasteiger partial charge in [-0.3, -0.25) is 4.79 Å². The van der Waals surface area contributed by atoms with Gasteiger partial charge in [0.1, 0.15) is 0 Å². The molecule has 0 radical (unpaired) electrons. The Hall–Kier alpha value is -2.21. The van der Waals surface area contributed by atoms with Crippen molar-refractivity contribution in [3.8, 4) is 11.5 Å². The average Bonchev–Trinajstić information content (AvgIpc) is 2.85. The van der Waals surface area contributed by atoms with E-state index in [1.807, 2.05) is 13.0 Å². The number of aryl methyl sites for hydroxylation is 1. The molecule has 0 fully saturated rings. The van der Waals surface area contributed by atoms with Crippen LogP contribution in [0.15, 0.2) is 29.0 Å². The second-order valence-electron chi connectivity index (χ2n) is 4.05. The van der Waals surface area contributed by atoms with E-state index in [0.717, 1.165) is 16.8 Å². The van der Waals surface area contributed by atoms with E-state index in [-0.39, 0.29) is 5.91 Å². The smallest absolute Gasteiger partial charge is 0.247 e. The van der Waals surface area contributed by atoms with Gasteiger partial charge in [-0.05, 0) is 37.6 Å². The molecular formula is C12H14N4O2. The molecule has 0 bridgehead atoms. The number of anilines is 1. The molecule has 6 heteroatoms. The molecule has 1 heterocycles. The number of hydrogen-bond acceptors (Lipinski definition) is 5.